The number of hydrogen-bond donors (Lipinski definition) is 1. The van der Waals surface area contributed by atoms with Crippen molar-refractivity contribution in [1.29, 1.82) is 0 Å². The summed E-state index contributed by atoms with van der Waals surface area (Å²) in [6.07, 6.45) is 1.39. The van der Waals surface area contributed by atoms with E-state index in [1.807, 2.05) is 0 Å². The van der Waals surface area contributed by atoms with E-state index in [1.54, 1.807) is 18.2 Å². The Labute approximate surface area is 107 Å². The van der Waals surface area contributed by atoms with Gasteiger partial charge in [-0.2, -0.15) is 0 Å². The molecule has 3 aromatic rings. The Hall–Kier alpha value is -2.14. The molecule has 90 valence electrons. The highest BCUT2D eigenvalue weighted by Crippen LogP contribution is 2.29. The summed E-state index contributed by atoms with van der Waals surface area (Å²) in [7, 11) is 1.35. The summed E-state index contributed by atoms with van der Waals surface area (Å²) in [6.45, 7) is 0. The highest BCUT2D eigenvalue weighted by Gasteiger charge is 2.12. The smallest absolute Gasteiger partial charge is 0.337 e. The Kier molecular flexibility index (Phi) is 2.41. The van der Waals surface area contributed by atoms with Crippen LogP contribution in [0.5, 0.6) is 0 Å². The summed E-state index contributed by atoms with van der Waals surface area (Å²) >= 11 is 6.06. The van der Waals surface area contributed by atoms with Crippen LogP contribution in [0.25, 0.3) is 21.9 Å². The second kappa shape index (κ2) is 3.96. The highest BCUT2D eigenvalue weighted by atomic mass is 35.5. The highest BCUT2D eigenvalue weighted by molar-refractivity contribution is 6.36. The number of esters is 1. The number of carbonyl (C=O) groups is 1. The third-order valence-electron chi connectivity index (χ3n) is 2.76. The topological polar surface area (TPSA) is 67.9 Å². The fourth-order valence-corrected chi connectivity index (χ4v) is 2.16. The van der Waals surface area contributed by atoms with E-state index >= 15 is 0 Å². The average molecular weight is 262 g/mol. The fourth-order valence-electron chi connectivity index (χ4n) is 1.93. The van der Waals surface area contributed by atoms with Crippen molar-refractivity contribution < 1.29 is 9.53 Å². The van der Waals surface area contributed by atoms with Crippen LogP contribution < -0.4 is 0 Å². The predicted octanol–water partition coefficient (Wildman–Crippen LogP) is 2.55. The number of benzene rings is 1. The number of nitrogens with one attached hydrogen (secondary N) is 1. The third kappa shape index (κ3) is 1.52. The first-order valence-corrected chi connectivity index (χ1v) is 5.59. The number of carbonyl (C=O) groups excluding carboxylic acids is 1. The van der Waals surface area contributed by atoms with Gasteiger partial charge in [-0.3, -0.25) is 0 Å². The molecule has 2 heterocycles. The number of nitrogens with zero attached hydrogens (tertiary/aromatic N) is 2. The van der Waals surface area contributed by atoms with Crippen LogP contribution in [0.15, 0.2) is 24.5 Å². The predicted molar refractivity (Wildman–Crippen MR) is 67.7 cm³/mol. The lowest BCUT2D eigenvalue weighted by Crippen LogP contribution is -2.00. The molecule has 0 aliphatic heterocycles. The quantitative estimate of drug-likeness (QED) is 0.540. The second-order valence-electron chi connectivity index (χ2n) is 3.77. The maximum atomic E-state index is 11.5. The van der Waals surface area contributed by atoms with E-state index in [0.717, 1.165) is 10.9 Å². The van der Waals surface area contributed by atoms with Crippen LogP contribution in [0.4, 0.5) is 0 Å². The van der Waals surface area contributed by atoms with Gasteiger partial charge in [-0.25, -0.2) is 14.8 Å². The standard InChI is InChI=1S/C12H8ClN3O2/c1-18-12(17)6-2-3-8-7(4-6)9-10(13)14-5-15-11(9)16-8/h2-5H,1H3,(H,14,15,16). The molecular formula is C12H8ClN3O2. The van der Waals surface area contributed by atoms with Gasteiger partial charge >= 0.3 is 5.97 Å². The van der Waals surface area contributed by atoms with Crippen molar-refractivity contribution in [3.05, 3.63) is 35.2 Å². The van der Waals surface area contributed by atoms with E-state index in [9.17, 15) is 4.79 Å². The monoisotopic (exact) mass is 261 g/mol. The molecule has 0 saturated carbocycles. The zero-order valence-electron chi connectivity index (χ0n) is 9.40. The van der Waals surface area contributed by atoms with E-state index < -0.39 is 0 Å². The van der Waals surface area contributed by atoms with Crippen LogP contribution in [0, 0.1) is 0 Å². The molecule has 5 nitrogen and oxygen atoms in total. The number of rotatable bonds is 1. The molecule has 18 heavy (non-hydrogen) atoms. The molecule has 0 spiro atoms. The number of H-pyrrole nitrogens is 1. The molecule has 0 aliphatic rings. The molecule has 1 aromatic carbocycles. The van der Waals surface area contributed by atoms with Gasteiger partial charge in [0.25, 0.3) is 0 Å². The first kappa shape index (κ1) is 11.0. The Bertz CT molecular complexity index is 766. The SMILES string of the molecule is COC(=O)c1ccc2[nH]c3ncnc(Cl)c3c2c1. The van der Waals surface area contributed by atoms with Crippen LogP contribution in [0.2, 0.25) is 5.15 Å². The van der Waals surface area contributed by atoms with Crippen molar-refractivity contribution in [3.63, 3.8) is 0 Å². The Balaban J connectivity index is 2.38. The molecule has 2 aromatic heterocycles. The molecule has 3 rings (SSSR count). The van der Waals surface area contributed by atoms with Crippen LogP contribution in [0.3, 0.4) is 0 Å². The number of aromatic nitrogens is 3. The molecule has 0 bridgehead atoms. The maximum absolute atomic E-state index is 11.5. The summed E-state index contributed by atoms with van der Waals surface area (Å²) in [5.74, 6) is -0.390. The van der Waals surface area contributed by atoms with Gasteiger partial charge in [-0.05, 0) is 18.2 Å². The van der Waals surface area contributed by atoms with Gasteiger partial charge in [0.2, 0.25) is 0 Å². The lowest BCUT2D eigenvalue weighted by Gasteiger charge is -1.99. The average Bonchev–Trinajstić information content (AvgIpc) is 2.76. The minimum atomic E-state index is -0.390. The summed E-state index contributed by atoms with van der Waals surface area (Å²) in [4.78, 5) is 22.7. The zero-order valence-corrected chi connectivity index (χ0v) is 10.2. The maximum Gasteiger partial charge on any atom is 0.337 e. The van der Waals surface area contributed by atoms with Gasteiger partial charge in [0.1, 0.15) is 17.1 Å². The number of halogens is 1. The molecule has 0 radical (unpaired) electrons. The van der Waals surface area contributed by atoms with Crippen molar-refractivity contribution in [2.75, 3.05) is 7.11 Å². The molecule has 6 heteroatoms. The lowest BCUT2D eigenvalue weighted by atomic mass is 10.1. The first-order valence-electron chi connectivity index (χ1n) is 5.21. The molecule has 0 amide bonds. The normalized spacial score (nSPS) is 11.0. The van der Waals surface area contributed by atoms with Gasteiger partial charge < -0.3 is 9.72 Å². The van der Waals surface area contributed by atoms with Crippen molar-refractivity contribution in [2.24, 2.45) is 0 Å². The molecule has 0 aliphatic carbocycles. The van der Waals surface area contributed by atoms with Gasteiger partial charge in [0.15, 0.2) is 0 Å². The van der Waals surface area contributed by atoms with Crippen molar-refractivity contribution in [3.8, 4) is 0 Å². The molecule has 0 fully saturated rings. The van der Waals surface area contributed by atoms with Crippen LogP contribution >= 0.6 is 11.6 Å². The summed E-state index contributed by atoms with van der Waals surface area (Å²) < 4.78 is 4.69. The van der Waals surface area contributed by atoms with Crippen molar-refractivity contribution in [1.82, 2.24) is 15.0 Å². The fraction of sp³-hybridized carbons (Fsp3) is 0.0833. The third-order valence-corrected chi connectivity index (χ3v) is 3.05. The number of hydrogen-bond acceptors (Lipinski definition) is 4. The lowest BCUT2D eigenvalue weighted by molar-refractivity contribution is 0.0601. The van der Waals surface area contributed by atoms with Gasteiger partial charge in [0.05, 0.1) is 18.1 Å². The number of ether oxygens (including phenoxy) is 1. The van der Waals surface area contributed by atoms with Gasteiger partial charge in [0, 0.05) is 10.9 Å². The van der Waals surface area contributed by atoms with Crippen LogP contribution in [-0.2, 0) is 4.74 Å². The Morgan fingerprint density at radius 1 is 1.39 bits per heavy atom. The molecule has 0 atom stereocenters. The number of methoxy groups -OCH3 is 1. The molecule has 0 saturated heterocycles. The van der Waals surface area contributed by atoms with Crippen molar-refractivity contribution >= 4 is 39.5 Å². The Morgan fingerprint density at radius 3 is 3.00 bits per heavy atom. The minimum absolute atomic E-state index is 0.355. The van der Waals surface area contributed by atoms with Gasteiger partial charge in [-0.15, -0.1) is 0 Å². The van der Waals surface area contributed by atoms with E-state index in [2.05, 4.69) is 15.0 Å². The number of aromatic amines is 1. The molecule has 1 N–H and O–H groups in total. The van der Waals surface area contributed by atoms with Crippen LogP contribution in [-0.4, -0.2) is 28.0 Å². The van der Waals surface area contributed by atoms with Crippen molar-refractivity contribution in [2.45, 2.75) is 0 Å². The largest absolute Gasteiger partial charge is 0.465 e. The number of fused-ring (bicyclic) bond motifs is 3. The minimum Gasteiger partial charge on any atom is -0.465 e. The summed E-state index contributed by atoms with van der Waals surface area (Å²) in [6, 6.07) is 5.19. The first-order chi connectivity index (χ1) is 8.70. The zero-order chi connectivity index (χ0) is 12.7. The summed E-state index contributed by atoms with van der Waals surface area (Å²) in [5, 5.41) is 1.87. The Morgan fingerprint density at radius 2 is 2.22 bits per heavy atom. The van der Waals surface area contributed by atoms with Crippen LogP contribution in [0.1, 0.15) is 10.4 Å². The van der Waals surface area contributed by atoms with E-state index in [0.29, 0.717) is 21.7 Å². The summed E-state index contributed by atoms with van der Waals surface area (Å²) in [5.41, 5.74) is 1.96. The second-order valence-corrected chi connectivity index (χ2v) is 4.12. The van der Waals surface area contributed by atoms with E-state index in [1.165, 1.54) is 13.4 Å². The molecular weight excluding hydrogens is 254 g/mol. The van der Waals surface area contributed by atoms with E-state index in [-0.39, 0.29) is 5.97 Å². The molecule has 0 unspecified atom stereocenters. The van der Waals surface area contributed by atoms with Gasteiger partial charge in [-0.1, -0.05) is 11.6 Å². The van der Waals surface area contributed by atoms with E-state index in [4.69, 9.17) is 16.3 Å².